The van der Waals surface area contributed by atoms with E-state index in [1.807, 2.05) is 30.3 Å². The zero-order chi connectivity index (χ0) is 29.6. The van der Waals surface area contributed by atoms with Crippen molar-refractivity contribution in [2.75, 3.05) is 23.3 Å². The van der Waals surface area contributed by atoms with Crippen LogP contribution in [-0.2, 0) is 4.79 Å². The van der Waals surface area contributed by atoms with E-state index < -0.39 is 6.10 Å². The van der Waals surface area contributed by atoms with Gasteiger partial charge in [0.25, 0.3) is 11.8 Å². The molecular formula is C34H41N5O3. The third-order valence-electron chi connectivity index (χ3n) is 8.45. The fourth-order valence-corrected chi connectivity index (χ4v) is 6.10. The Morgan fingerprint density at radius 1 is 0.929 bits per heavy atom. The van der Waals surface area contributed by atoms with Crippen molar-refractivity contribution in [3.05, 3.63) is 89.5 Å². The van der Waals surface area contributed by atoms with Crippen LogP contribution in [0, 0.1) is 5.41 Å². The third kappa shape index (κ3) is 6.65. The fraction of sp³-hybridized carbons (Fsp3) is 0.382. The second-order valence-electron chi connectivity index (χ2n) is 11.5. The van der Waals surface area contributed by atoms with E-state index in [4.69, 9.17) is 15.9 Å². The molecule has 0 aliphatic carbocycles. The molecule has 1 fully saturated rings. The van der Waals surface area contributed by atoms with Gasteiger partial charge in [0.15, 0.2) is 0 Å². The molecule has 0 saturated carbocycles. The quantitative estimate of drug-likeness (QED) is 0.155. The fourth-order valence-electron chi connectivity index (χ4n) is 6.10. The monoisotopic (exact) mass is 567 g/mol. The SMILES string of the molecule is C[C@@H]1CCC[C@H](C)N1CCCCCN1C(=O)C(c2cccc(C(=N)N)c2)Oc2ccc(NC(=O)c3ccccc3)cc21. The van der Waals surface area contributed by atoms with Crippen molar-refractivity contribution < 1.29 is 14.3 Å². The third-order valence-corrected chi connectivity index (χ3v) is 8.45. The Morgan fingerprint density at radius 3 is 2.38 bits per heavy atom. The number of amidine groups is 1. The second-order valence-corrected chi connectivity index (χ2v) is 11.5. The molecule has 1 saturated heterocycles. The number of likely N-dealkylation sites (tertiary alicyclic amines) is 1. The van der Waals surface area contributed by atoms with Crippen LogP contribution in [0.5, 0.6) is 5.75 Å². The van der Waals surface area contributed by atoms with Gasteiger partial charge in [-0.15, -0.1) is 0 Å². The van der Waals surface area contributed by atoms with E-state index in [1.165, 1.54) is 19.3 Å². The Hall–Kier alpha value is -4.17. The number of rotatable bonds is 10. The number of anilines is 2. The molecule has 0 radical (unpaired) electrons. The number of hydrogen-bond donors (Lipinski definition) is 3. The van der Waals surface area contributed by atoms with Gasteiger partial charge in [0.05, 0.1) is 5.69 Å². The van der Waals surface area contributed by atoms with Gasteiger partial charge < -0.3 is 20.7 Å². The van der Waals surface area contributed by atoms with E-state index in [9.17, 15) is 9.59 Å². The van der Waals surface area contributed by atoms with Gasteiger partial charge in [-0.2, -0.15) is 0 Å². The van der Waals surface area contributed by atoms with E-state index in [1.54, 1.807) is 47.4 Å². The van der Waals surface area contributed by atoms with Crippen LogP contribution in [0.3, 0.4) is 0 Å². The van der Waals surface area contributed by atoms with Crippen molar-refractivity contribution in [3.8, 4) is 5.75 Å². The number of ether oxygens (including phenoxy) is 1. The predicted molar refractivity (Wildman–Crippen MR) is 167 cm³/mol. The topological polar surface area (TPSA) is 112 Å². The number of hydrogen-bond acceptors (Lipinski definition) is 5. The van der Waals surface area contributed by atoms with Crippen LogP contribution in [0.4, 0.5) is 11.4 Å². The molecule has 0 spiro atoms. The first-order valence-electron chi connectivity index (χ1n) is 15.0. The molecule has 2 amide bonds. The average molecular weight is 568 g/mol. The summed E-state index contributed by atoms with van der Waals surface area (Å²) in [5, 5.41) is 10.8. The number of carbonyl (C=O) groups excluding carboxylic acids is 2. The standard InChI is InChI=1S/C34H41N5O3/c1-23-11-9-12-24(2)38(23)19-7-4-8-20-39-29-22-28(37-33(40)25-13-5-3-6-14-25)17-18-30(29)42-31(34(39)41)26-15-10-16-27(21-26)32(35)36/h3,5-6,10,13-18,21-24,31H,4,7-9,11-12,19-20H2,1-2H3,(H3,35,36)(H,37,40)/t23-,24+,31?. The lowest BCUT2D eigenvalue weighted by molar-refractivity contribution is -0.126. The number of carbonyl (C=O) groups is 2. The van der Waals surface area contributed by atoms with Crippen molar-refractivity contribution in [3.63, 3.8) is 0 Å². The van der Waals surface area contributed by atoms with Crippen molar-refractivity contribution in [1.29, 1.82) is 5.41 Å². The molecule has 3 atom stereocenters. The molecule has 220 valence electrons. The number of unbranched alkanes of at least 4 members (excludes halogenated alkanes) is 2. The summed E-state index contributed by atoms with van der Waals surface area (Å²) < 4.78 is 6.25. The van der Waals surface area contributed by atoms with Gasteiger partial charge in [-0.05, 0) is 82.5 Å². The Kier molecular flexibility index (Phi) is 9.22. The molecule has 2 heterocycles. The molecule has 1 unspecified atom stereocenters. The highest BCUT2D eigenvalue weighted by Crippen LogP contribution is 2.41. The lowest BCUT2D eigenvalue weighted by atomic mass is 9.97. The number of nitrogen functional groups attached to an aromatic ring is 1. The molecule has 4 N–H and O–H groups in total. The first-order chi connectivity index (χ1) is 20.3. The minimum absolute atomic E-state index is 0.0616. The van der Waals surface area contributed by atoms with Gasteiger partial charge in [0.1, 0.15) is 11.6 Å². The van der Waals surface area contributed by atoms with Crippen LogP contribution in [0.1, 0.15) is 80.0 Å². The highest BCUT2D eigenvalue weighted by atomic mass is 16.5. The molecule has 2 aliphatic heterocycles. The van der Waals surface area contributed by atoms with Crippen LogP contribution in [-0.4, -0.2) is 47.7 Å². The molecule has 3 aromatic carbocycles. The summed E-state index contributed by atoms with van der Waals surface area (Å²) in [6.07, 6.45) is 5.92. The molecule has 2 aliphatic rings. The van der Waals surface area contributed by atoms with Gasteiger partial charge in [0, 0.05) is 41.0 Å². The summed E-state index contributed by atoms with van der Waals surface area (Å²) in [7, 11) is 0. The van der Waals surface area contributed by atoms with Crippen LogP contribution < -0.4 is 20.7 Å². The maximum Gasteiger partial charge on any atom is 0.272 e. The van der Waals surface area contributed by atoms with Crippen LogP contribution in [0.15, 0.2) is 72.8 Å². The summed E-state index contributed by atoms with van der Waals surface area (Å²) in [6.45, 7) is 6.27. The highest BCUT2D eigenvalue weighted by Gasteiger charge is 2.36. The first kappa shape index (κ1) is 29.3. The van der Waals surface area contributed by atoms with Gasteiger partial charge in [-0.3, -0.25) is 19.9 Å². The van der Waals surface area contributed by atoms with Crippen molar-refractivity contribution in [2.24, 2.45) is 5.73 Å². The molecule has 0 aromatic heterocycles. The molecule has 8 heteroatoms. The number of amides is 2. The molecular weight excluding hydrogens is 526 g/mol. The molecule has 8 nitrogen and oxygen atoms in total. The minimum atomic E-state index is -0.850. The van der Waals surface area contributed by atoms with Gasteiger partial charge in [-0.1, -0.05) is 49.2 Å². The van der Waals surface area contributed by atoms with E-state index in [-0.39, 0.29) is 17.6 Å². The Bertz CT molecular complexity index is 1420. The van der Waals surface area contributed by atoms with Crippen LogP contribution >= 0.6 is 0 Å². The van der Waals surface area contributed by atoms with Crippen molar-refractivity contribution in [1.82, 2.24) is 4.90 Å². The van der Waals surface area contributed by atoms with Crippen molar-refractivity contribution >= 4 is 29.0 Å². The number of nitrogens with zero attached hydrogens (tertiary/aromatic N) is 2. The second kappa shape index (κ2) is 13.2. The largest absolute Gasteiger partial charge is 0.474 e. The van der Waals surface area contributed by atoms with Crippen molar-refractivity contribution in [2.45, 2.75) is 70.6 Å². The summed E-state index contributed by atoms with van der Waals surface area (Å²) >= 11 is 0. The Balaban J connectivity index is 1.34. The normalized spacial score (nSPS) is 20.5. The highest BCUT2D eigenvalue weighted by molar-refractivity contribution is 6.06. The summed E-state index contributed by atoms with van der Waals surface area (Å²) in [5.41, 5.74) is 8.71. The maximum absolute atomic E-state index is 13.9. The van der Waals surface area contributed by atoms with E-state index in [0.717, 1.165) is 25.8 Å². The average Bonchev–Trinajstić information content (AvgIpc) is 2.99. The molecule has 42 heavy (non-hydrogen) atoms. The summed E-state index contributed by atoms with van der Waals surface area (Å²) in [5.74, 6) is 0.119. The van der Waals surface area contributed by atoms with Gasteiger partial charge >= 0.3 is 0 Å². The molecule has 3 aromatic rings. The van der Waals surface area contributed by atoms with Gasteiger partial charge in [0.2, 0.25) is 6.10 Å². The first-order valence-corrected chi connectivity index (χ1v) is 15.0. The number of fused-ring (bicyclic) bond motifs is 1. The predicted octanol–water partition coefficient (Wildman–Crippen LogP) is 6.12. The van der Waals surface area contributed by atoms with Gasteiger partial charge in [-0.25, -0.2) is 0 Å². The van der Waals surface area contributed by atoms with Crippen LogP contribution in [0.25, 0.3) is 0 Å². The minimum Gasteiger partial charge on any atom is -0.474 e. The lowest BCUT2D eigenvalue weighted by Gasteiger charge is -2.39. The Morgan fingerprint density at radius 2 is 1.64 bits per heavy atom. The number of nitrogens with one attached hydrogen (secondary N) is 2. The zero-order valence-corrected chi connectivity index (χ0v) is 24.5. The van der Waals surface area contributed by atoms with E-state index in [0.29, 0.717) is 52.4 Å². The maximum atomic E-state index is 13.9. The van der Waals surface area contributed by atoms with E-state index in [2.05, 4.69) is 24.1 Å². The number of piperidine rings is 1. The summed E-state index contributed by atoms with van der Waals surface area (Å²) in [6, 6.07) is 22.8. The lowest BCUT2D eigenvalue weighted by Crippen LogP contribution is -2.44. The number of nitrogens with two attached hydrogens (primary N) is 1. The zero-order valence-electron chi connectivity index (χ0n) is 24.5. The summed E-state index contributed by atoms with van der Waals surface area (Å²) in [4.78, 5) is 31.2. The smallest absolute Gasteiger partial charge is 0.272 e. The molecule has 0 bridgehead atoms. The van der Waals surface area contributed by atoms with E-state index >= 15 is 0 Å². The Labute approximate surface area is 248 Å². The molecule has 5 rings (SSSR count). The van der Waals surface area contributed by atoms with Crippen LogP contribution in [0.2, 0.25) is 0 Å². The number of benzene rings is 3.